The van der Waals surface area contributed by atoms with E-state index in [-0.39, 0.29) is 11.7 Å². The van der Waals surface area contributed by atoms with E-state index in [2.05, 4.69) is 37.9 Å². The fourth-order valence-corrected chi connectivity index (χ4v) is 5.20. The highest BCUT2D eigenvalue weighted by Crippen LogP contribution is 2.40. The Morgan fingerprint density at radius 3 is 2.47 bits per heavy atom. The van der Waals surface area contributed by atoms with Crippen molar-refractivity contribution in [3.05, 3.63) is 88.0 Å². The predicted molar refractivity (Wildman–Crippen MR) is 135 cm³/mol. The molecule has 0 saturated carbocycles. The van der Waals surface area contributed by atoms with E-state index in [4.69, 9.17) is 4.98 Å². The van der Waals surface area contributed by atoms with E-state index < -0.39 is 5.54 Å². The summed E-state index contributed by atoms with van der Waals surface area (Å²) in [7, 11) is 0. The van der Waals surface area contributed by atoms with Gasteiger partial charge < -0.3 is 9.88 Å². The number of hydrogen-bond acceptors (Lipinski definition) is 2. The van der Waals surface area contributed by atoms with E-state index in [1.165, 1.54) is 23.3 Å². The molecule has 2 heterocycles. The summed E-state index contributed by atoms with van der Waals surface area (Å²) in [5.41, 5.74) is 7.99. The smallest absolute Gasteiger partial charge is 0.255 e. The number of fused-ring (bicyclic) bond motifs is 1. The molecule has 1 saturated heterocycles. The van der Waals surface area contributed by atoms with Crippen molar-refractivity contribution in [2.45, 2.75) is 53.0 Å². The molecule has 1 fully saturated rings. The second-order valence-electron chi connectivity index (χ2n) is 9.88. The summed E-state index contributed by atoms with van der Waals surface area (Å²) in [5.74, 6) is 0.532. The molecule has 5 rings (SSSR count). The highest BCUT2D eigenvalue weighted by Gasteiger charge is 2.44. The van der Waals surface area contributed by atoms with E-state index in [1.54, 1.807) is 6.07 Å². The Hall–Kier alpha value is -3.47. The molecule has 1 unspecified atom stereocenters. The Kier molecular flexibility index (Phi) is 5.31. The van der Waals surface area contributed by atoms with Gasteiger partial charge in [-0.25, -0.2) is 9.37 Å². The zero-order chi connectivity index (χ0) is 24.2. The van der Waals surface area contributed by atoms with E-state index in [0.717, 1.165) is 52.0 Å². The molecule has 0 spiro atoms. The lowest BCUT2D eigenvalue weighted by molar-refractivity contribution is 0.0606. The molecule has 1 aromatic heterocycles. The fraction of sp³-hybridized carbons (Fsp3) is 0.310. The number of hydrogen-bond donors (Lipinski definition) is 1. The number of benzene rings is 3. The van der Waals surface area contributed by atoms with Crippen molar-refractivity contribution in [1.82, 2.24) is 14.9 Å². The third-order valence-electron chi connectivity index (χ3n) is 7.38. The Bertz CT molecular complexity index is 1400. The standard InChI is InChI=1S/C29H30FN3O/c1-17-7-9-23(22-10-8-21(30)14-20(22)4)24(13-17)27(34)33-12-6-11-29(33,5)28-31-25-15-18(2)19(3)16-26(25)32-28/h7-10,13-16H,6,11-12H2,1-5H3,(H,31,32). The van der Waals surface area contributed by atoms with Gasteiger partial charge in [0, 0.05) is 12.1 Å². The van der Waals surface area contributed by atoms with Crippen molar-refractivity contribution in [3.63, 3.8) is 0 Å². The molecule has 0 aliphatic carbocycles. The van der Waals surface area contributed by atoms with Crippen LogP contribution in [0, 0.1) is 33.5 Å². The minimum Gasteiger partial charge on any atom is -0.340 e. The molecular weight excluding hydrogens is 425 g/mol. The van der Waals surface area contributed by atoms with Gasteiger partial charge in [0.05, 0.1) is 16.6 Å². The number of imidazole rings is 1. The van der Waals surface area contributed by atoms with Gasteiger partial charge in [0.1, 0.15) is 11.6 Å². The fourth-order valence-electron chi connectivity index (χ4n) is 5.20. The summed E-state index contributed by atoms with van der Waals surface area (Å²) in [5, 5.41) is 0. The third-order valence-corrected chi connectivity index (χ3v) is 7.38. The second kappa shape index (κ2) is 8.08. The van der Waals surface area contributed by atoms with Crippen LogP contribution in [-0.4, -0.2) is 27.3 Å². The number of carbonyl (C=O) groups excluding carboxylic acids is 1. The van der Waals surface area contributed by atoms with Gasteiger partial charge in [-0.05, 0) is 106 Å². The predicted octanol–water partition coefficient (Wildman–Crippen LogP) is 6.75. The molecule has 1 N–H and O–H groups in total. The van der Waals surface area contributed by atoms with Gasteiger partial charge in [-0.1, -0.05) is 23.8 Å². The van der Waals surface area contributed by atoms with Crippen LogP contribution in [0.4, 0.5) is 4.39 Å². The van der Waals surface area contributed by atoms with Gasteiger partial charge >= 0.3 is 0 Å². The number of aryl methyl sites for hydroxylation is 4. The number of halogens is 1. The van der Waals surface area contributed by atoms with Crippen LogP contribution >= 0.6 is 0 Å². The lowest BCUT2D eigenvalue weighted by Gasteiger charge is -2.34. The SMILES string of the molecule is Cc1ccc(-c2ccc(F)cc2C)c(C(=O)N2CCCC2(C)c2nc3cc(C)c(C)cc3[nH]2)c1. The normalized spacial score (nSPS) is 18.1. The monoisotopic (exact) mass is 455 g/mol. The lowest BCUT2D eigenvalue weighted by atomic mass is 9.92. The third kappa shape index (κ3) is 3.60. The molecule has 1 aliphatic rings. The molecule has 4 nitrogen and oxygen atoms in total. The number of amides is 1. The minimum absolute atomic E-state index is 0.0183. The summed E-state index contributed by atoms with van der Waals surface area (Å²) in [6.07, 6.45) is 1.75. The number of aromatic amines is 1. The maximum Gasteiger partial charge on any atom is 0.255 e. The molecule has 34 heavy (non-hydrogen) atoms. The van der Waals surface area contributed by atoms with E-state index in [1.807, 2.05) is 36.9 Å². The number of H-pyrrole nitrogens is 1. The van der Waals surface area contributed by atoms with Crippen LogP contribution in [0.15, 0.2) is 48.5 Å². The quantitative estimate of drug-likeness (QED) is 0.371. The Morgan fingerprint density at radius 1 is 0.971 bits per heavy atom. The van der Waals surface area contributed by atoms with Crippen LogP contribution in [0.5, 0.6) is 0 Å². The van der Waals surface area contributed by atoms with Crippen molar-refractivity contribution in [1.29, 1.82) is 0 Å². The Labute approximate surface area is 199 Å². The first-order chi connectivity index (χ1) is 16.2. The topological polar surface area (TPSA) is 49.0 Å². The second-order valence-corrected chi connectivity index (χ2v) is 9.88. The summed E-state index contributed by atoms with van der Waals surface area (Å²) < 4.78 is 13.8. The van der Waals surface area contributed by atoms with Gasteiger partial charge in [-0.3, -0.25) is 4.79 Å². The van der Waals surface area contributed by atoms with Crippen LogP contribution in [0.2, 0.25) is 0 Å². The zero-order valence-corrected chi connectivity index (χ0v) is 20.4. The van der Waals surface area contributed by atoms with Gasteiger partial charge in [0.2, 0.25) is 0 Å². The van der Waals surface area contributed by atoms with Crippen molar-refractivity contribution >= 4 is 16.9 Å². The van der Waals surface area contributed by atoms with Gasteiger partial charge in [-0.15, -0.1) is 0 Å². The average molecular weight is 456 g/mol. The summed E-state index contributed by atoms with van der Waals surface area (Å²) >= 11 is 0. The van der Waals surface area contributed by atoms with Crippen molar-refractivity contribution in [2.75, 3.05) is 6.54 Å². The zero-order valence-electron chi connectivity index (χ0n) is 20.4. The van der Waals surface area contributed by atoms with Gasteiger partial charge in [0.15, 0.2) is 0 Å². The van der Waals surface area contributed by atoms with Gasteiger partial charge in [0.25, 0.3) is 5.91 Å². The lowest BCUT2D eigenvalue weighted by Crippen LogP contribution is -2.43. The van der Waals surface area contributed by atoms with Crippen molar-refractivity contribution in [3.8, 4) is 11.1 Å². The molecule has 3 aromatic carbocycles. The summed E-state index contributed by atoms with van der Waals surface area (Å²) in [6.45, 7) is 10.8. The van der Waals surface area contributed by atoms with Crippen LogP contribution < -0.4 is 0 Å². The van der Waals surface area contributed by atoms with E-state index in [9.17, 15) is 9.18 Å². The molecule has 4 aromatic rings. The molecule has 1 aliphatic heterocycles. The molecule has 5 heteroatoms. The Balaban J connectivity index is 1.59. The first kappa shape index (κ1) is 22.3. The largest absolute Gasteiger partial charge is 0.340 e. The van der Waals surface area contributed by atoms with Crippen LogP contribution in [-0.2, 0) is 5.54 Å². The number of nitrogens with zero attached hydrogens (tertiary/aromatic N) is 2. The highest BCUT2D eigenvalue weighted by molar-refractivity contribution is 6.02. The molecular formula is C29H30FN3O. The summed E-state index contributed by atoms with van der Waals surface area (Å²) in [6, 6.07) is 14.9. The minimum atomic E-state index is -0.531. The van der Waals surface area contributed by atoms with Crippen molar-refractivity contribution < 1.29 is 9.18 Å². The maximum absolute atomic E-state index is 14.1. The van der Waals surface area contributed by atoms with Gasteiger partial charge in [-0.2, -0.15) is 0 Å². The van der Waals surface area contributed by atoms with Crippen LogP contribution in [0.3, 0.4) is 0 Å². The molecule has 174 valence electrons. The first-order valence-corrected chi connectivity index (χ1v) is 11.8. The number of rotatable bonds is 3. The number of likely N-dealkylation sites (tertiary alicyclic amines) is 1. The maximum atomic E-state index is 14.1. The highest BCUT2D eigenvalue weighted by atomic mass is 19.1. The van der Waals surface area contributed by atoms with Crippen LogP contribution in [0.1, 0.15) is 58.2 Å². The van der Waals surface area contributed by atoms with E-state index in [0.29, 0.717) is 12.1 Å². The summed E-state index contributed by atoms with van der Waals surface area (Å²) in [4.78, 5) is 24.5. The van der Waals surface area contributed by atoms with Crippen molar-refractivity contribution in [2.24, 2.45) is 0 Å². The number of carbonyl (C=O) groups is 1. The Morgan fingerprint density at radius 2 is 1.71 bits per heavy atom. The number of nitrogens with one attached hydrogen (secondary N) is 1. The van der Waals surface area contributed by atoms with E-state index >= 15 is 0 Å². The average Bonchev–Trinajstić information content (AvgIpc) is 3.38. The molecule has 0 radical (unpaired) electrons. The molecule has 0 bridgehead atoms. The number of aromatic nitrogens is 2. The molecule has 1 amide bonds. The van der Waals surface area contributed by atoms with Crippen LogP contribution in [0.25, 0.3) is 22.2 Å². The molecule has 1 atom stereocenters. The first-order valence-electron chi connectivity index (χ1n) is 11.8.